The van der Waals surface area contributed by atoms with Crippen LogP contribution < -0.4 is 10.6 Å². The lowest BCUT2D eigenvalue weighted by Gasteiger charge is -2.17. The second-order valence-electron chi connectivity index (χ2n) is 6.00. The monoisotopic (exact) mass is 346 g/mol. The van der Waals surface area contributed by atoms with Crippen LogP contribution in [0.15, 0.2) is 54.7 Å². The summed E-state index contributed by atoms with van der Waals surface area (Å²) in [6.07, 6.45) is 2.20. The number of carbonyl (C=O) groups is 2. The number of nitriles is 1. The molecule has 2 aromatic carbocycles. The molecule has 3 N–H and O–H groups in total. The highest BCUT2D eigenvalue weighted by Crippen LogP contribution is 2.20. The Balaban J connectivity index is 1.82. The topological polar surface area (TPSA) is 97.8 Å². The van der Waals surface area contributed by atoms with Crippen molar-refractivity contribution in [2.24, 2.45) is 0 Å². The van der Waals surface area contributed by atoms with Crippen LogP contribution in [-0.2, 0) is 16.0 Å². The second-order valence-corrected chi connectivity index (χ2v) is 6.00. The number of fused-ring (bicyclic) bond motifs is 1. The minimum Gasteiger partial charge on any atom is -0.361 e. The van der Waals surface area contributed by atoms with E-state index in [4.69, 9.17) is 5.26 Å². The molecule has 0 unspecified atom stereocenters. The van der Waals surface area contributed by atoms with E-state index in [2.05, 4.69) is 15.6 Å². The van der Waals surface area contributed by atoms with E-state index in [0.29, 0.717) is 17.7 Å². The first kappa shape index (κ1) is 17.2. The number of hydrogen-bond acceptors (Lipinski definition) is 3. The first-order chi connectivity index (χ1) is 12.6. The number of hydrogen-bond donors (Lipinski definition) is 3. The first-order valence-corrected chi connectivity index (χ1v) is 8.20. The Morgan fingerprint density at radius 3 is 2.77 bits per heavy atom. The number of H-pyrrole nitrogens is 1. The Kier molecular flexibility index (Phi) is 4.99. The van der Waals surface area contributed by atoms with E-state index < -0.39 is 6.04 Å². The lowest BCUT2D eigenvalue weighted by atomic mass is 10.0. The molecule has 0 bridgehead atoms. The number of aromatic amines is 1. The Morgan fingerprint density at radius 1 is 1.19 bits per heavy atom. The smallest absolute Gasteiger partial charge is 0.247 e. The maximum atomic E-state index is 12.7. The zero-order chi connectivity index (χ0) is 18.5. The van der Waals surface area contributed by atoms with Crippen molar-refractivity contribution in [2.45, 2.75) is 19.4 Å². The van der Waals surface area contributed by atoms with Crippen molar-refractivity contribution < 1.29 is 9.59 Å². The van der Waals surface area contributed by atoms with E-state index in [1.165, 1.54) is 6.92 Å². The molecule has 3 rings (SSSR count). The number of nitrogens with zero attached hydrogens (tertiary/aromatic N) is 1. The molecule has 0 fully saturated rings. The molecule has 0 saturated carbocycles. The van der Waals surface area contributed by atoms with Gasteiger partial charge in [-0.3, -0.25) is 9.59 Å². The molecule has 0 radical (unpaired) electrons. The van der Waals surface area contributed by atoms with Gasteiger partial charge in [0.25, 0.3) is 0 Å². The summed E-state index contributed by atoms with van der Waals surface area (Å²) in [4.78, 5) is 27.4. The van der Waals surface area contributed by atoms with Crippen LogP contribution in [0.25, 0.3) is 10.9 Å². The maximum absolute atomic E-state index is 12.7. The lowest BCUT2D eigenvalue weighted by molar-refractivity contribution is -0.125. The average Bonchev–Trinajstić information content (AvgIpc) is 3.04. The molecule has 0 saturated heterocycles. The van der Waals surface area contributed by atoms with Gasteiger partial charge in [0, 0.05) is 36.1 Å². The van der Waals surface area contributed by atoms with Crippen molar-refractivity contribution >= 4 is 28.4 Å². The van der Waals surface area contributed by atoms with Crippen molar-refractivity contribution in [3.63, 3.8) is 0 Å². The normalized spacial score (nSPS) is 11.5. The van der Waals surface area contributed by atoms with Crippen LogP contribution in [0, 0.1) is 11.3 Å². The molecular formula is C20H18N4O2. The second kappa shape index (κ2) is 7.53. The van der Waals surface area contributed by atoms with E-state index in [1.807, 2.05) is 36.5 Å². The van der Waals surface area contributed by atoms with E-state index in [0.717, 1.165) is 16.5 Å². The van der Waals surface area contributed by atoms with Crippen molar-refractivity contribution in [3.05, 3.63) is 65.9 Å². The van der Waals surface area contributed by atoms with E-state index in [-0.39, 0.29) is 11.8 Å². The summed E-state index contributed by atoms with van der Waals surface area (Å²) >= 11 is 0. The molecule has 6 heteroatoms. The Morgan fingerprint density at radius 2 is 2.00 bits per heavy atom. The molecule has 2 amide bonds. The quantitative estimate of drug-likeness (QED) is 0.662. The van der Waals surface area contributed by atoms with E-state index in [1.54, 1.807) is 24.3 Å². The fourth-order valence-corrected chi connectivity index (χ4v) is 2.87. The van der Waals surface area contributed by atoms with Crippen LogP contribution in [0.5, 0.6) is 0 Å². The molecule has 0 aliphatic carbocycles. The van der Waals surface area contributed by atoms with Gasteiger partial charge < -0.3 is 15.6 Å². The van der Waals surface area contributed by atoms with Crippen LogP contribution >= 0.6 is 0 Å². The van der Waals surface area contributed by atoms with Gasteiger partial charge >= 0.3 is 0 Å². The highest BCUT2D eigenvalue weighted by molar-refractivity contribution is 5.97. The predicted molar refractivity (Wildman–Crippen MR) is 99.4 cm³/mol. The van der Waals surface area contributed by atoms with Crippen LogP contribution in [0.4, 0.5) is 5.69 Å². The minimum absolute atomic E-state index is 0.282. The zero-order valence-corrected chi connectivity index (χ0v) is 14.2. The van der Waals surface area contributed by atoms with Gasteiger partial charge in [-0.2, -0.15) is 5.26 Å². The number of para-hydroxylation sites is 1. The zero-order valence-electron chi connectivity index (χ0n) is 14.2. The first-order valence-electron chi connectivity index (χ1n) is 8.20. The summed E-state index contributed by atoms with van der Waals surface area (Å²) < 4.78 is 0. The van der Waals surface area contributed by atoms with E-state index >= 15 is 0 Å². The molecule has 26 heavy (non-hydrogen) atoms. The number of anilines is 1. The van der Waals surface area contributed by atoms with Gasteiger partial charge in [-0.05, 0) is 29.8 Å². The van der Waals surface area contributed by atoms with Gasteiger partial charge in [-0.25, -0.2) is 0 Å². The van der Waals surface area contributed by atoms with Crippen molar-refractivity contribution in [3.8, 4) is 6.07 Å². The van der Waals surface area contributed by atoms with Crippen LogP contribution in [-0.4, -0.2) is 22.8 Å². The maximum Gasteiger partial charge on any atom is 0.247 e. The number of amides is 2. The molecule has 3 aromatic rings. The molecular weight excluding hydrogens is 328 g/mol. The number of rotatable bonds is 5. The Bertz CT molecular complexity index is 1000. The summed E-state index contributed by atoms with van der Waals surface area (Å²) in [5.41, 5.74) is 2.89. The molecule has 130 valence electrons. The Labute approximate surface area is 150 Å². The lowest BCUT2D eigenvalue weighted by Crippen LogP contribution is -2.44. The summed E-state index contributed by atoms with van der Waals surface area (Å²) in [6, 6.07) is 15.8. The fourth-order valence-electron chi connectivity index (χ4n) is 2.87. The number of carbonyl (C=O) groups excluding carboxylic acids is 2. The van der Waals surface area contributed by atoms with Crippen LogP contribution in [0.1, 0.15) is 18.1 Å². The number of nitrogens with one attached hydrogen (secondary N) is 3. The third-order valence-corrected chi connectivity index (χ3v) is 4.05. The van der Waals surface area contributed by atoms with Crippen molar-refractivity contribution in [2.75, 3.05) is 5.32 Å². The van der Waals surface area contributed by atoms with Crippen LogP contribution in [0.2, 0.25) is 0 Å². The van der Waals surface area contributed by atoms with E-state index in [9.17, 15) is 9.59 Å². The molecule has 0 spiro atoms. The summed E-state index contributed by atoms with van der Waals surface area (Å²) in [5, 5.41) is 15.5. The summed E-state index contributed by atoms with van der Waals surface area (Å²) in [6.45, 7) is 1.38. The molecule has 1 heterocycles. The number of aromatic nitrogens is 1. The molecule has 1 atom stereocenters. The third-order valence-electron chi connectivity index (χ3n) is 4.05. The standard InChI is InChI=1S/C20H18N4O2/c1-13(25)23-19(10-15-12-22-18-8-3-2-7-17(15)18)20(26)24-16-6-4-5-14(9-16)11-21/h2-9,12,19,22H,10H2,1H3,(H,23,25)(H,24,26)/t19-/m1/s1. The van der Waals surface area contributed by atoms with Gasteiger partial charge in [0.1, 0.15) is 6.04 Å². The molecule has 6 nitrogen and oxygen atoms in total. The van der Waals surface area contributed by atoms with Gasteiger partial charge in [-0.1, -0.05) is 24.3 Å². The van der Waals surface area contributed by atoms with Crippen molar-refractivity contribution in [1.29, 1.82) is 5.26 Å². The fraction of sp³-hybridized carbons (Fsp3) is 0.150. The Hall–Kier alpha value is -3.59. The SMILES string of the molecule is CC(=O)N[C@H](Cc1c[nH]c2ccccc12)C(=O)Nc1cccc(C#N)c1. The predicted octanol–water partition coefficient (Wildman–Crippen LogP) is 2.73. The molecule has 1 aromatic heterocycles. The largest absolute Gasteiger partial charge is 0.361 e. The average molecular weight is 346 g/mol. The van der Waals surface area contributed by atoms with Gasteiger partial charge in [0.2, 0.25) is 11.8 Å². The van der Waals surface area contributed by atoms with Gasteiger partial charge in [-0.15, -0.1) is 0 Å². The molecule has 0 aliphatic heterocycles. The summed E-state index contributed by atoms with van der Waals surface area (Å²) in [7, 11) is 0. The van der Waals surface area contributed by atoms with Crippen molar-refractivity contribution in [1.82, 2.24) is 10.3 Å². The van der Waals surface area contributed by atoms with Gasteiger partial charge in [0.15, 0.2) is 0 Å². The third kappa shape index (κ3) is 3.90. The highest BCUT2D eigenvalue weighted by atomic mass is 16.2. The van der Waals surface area contributed by atoms with Crippen LogP contribution in [0.3, 0.4) is 0 Å². The molecule has 0 aliphatic rings. The minimum atomic E-state index is -0.725. The number of benzene rings is 2. The van der Waals surface area contributed by atoms with Gasteiger partial charge in [0.05, 0.1) is 11.6 Å². The summed E-state index contributed by atoms with van der Waals surface area (Å²) in [5.74, 6) is -0.615. The highest BCUT2D eigenvalue weighted by Gasteiger charge is 2.21.